The first-order chi connectivity index (χ1) is 13.2. The summed E-state index contributed by atoms with van der Waals surface area (Å²) in [5, 5.41) is 0.493. The number of methoxy groups -OCH3 is 1. The van der Waals surface area contributed by atoms with Gasteiger partial charge in [-0.2, -0.15) is 0 Å². The van der Waals surface area contributed by atoms with Crippen molar-refractivity contribution < 1.29 is 4.74 Å². The number of benzene rings is 2. The number of para-hydroxylation sites is 1. The van der Waals surface area contributed by atoms with Crippen molar-refractivity contribution in [1.29, 1.82) is 0 Å². The van der Waals surface area contributed by atoms with Gasteiger partial charge in [0.1, 0.15) is 5.75 Å². The van der Waals surface area contributed by atoms with Crippen molar-refractivity contribution in [3.05, 3.63) is 65.7 Å². The van der Waals surface area contributed by atoms with Crippen molar-refractivity contribution in [1.82, 2.24) is 0 Å². The van der Waals surface area contributed by atoms with E-state index in [-0.39, 0.29) is 0 Å². The molecule has 2 nitrogen and oxygen atoms in total. The highest BCUT2D eigenvalue weighted by Gasteiger charge is 2.26. The molecule has 2 atom stereocenters. The number of hydrogen-bond acceptors (Lipinski definition) is 3. The number of fused-ring (bicyclic) bond motifs is 1. The van der Waals surface area contributed by atoms with Gasteiger partial charge in [0.2, 0.25) is 0 Å². The van der Waals surface area contributed by atoms with Gasteiger partial charge in [0, 0.05) is 23.2 Å². The van der Waals surface area contributed by atoms with Crippen LogP contribution in [0.1, 0.15) is 42.1 Å². The fraction of sp³-hybridized carbons (Fsp3) is 0.417. The first-order valence-corrected chi connectivity index (χ1v) is 10.9. The molecule has 0 N–H and O–H groups in total. The highest BCUT2D eigenvalue weighted by molar-refractivity contribution is 7.99. The summed E-state index contributed by atoms with van der Waals surface area (Å²) in [6.07, 6.45) is 9.68. The molecule has 0 spiro atoms. The fourth-order valence-electron chi connectivity index (χ4n) is 4.30. The van der Waals surface area contributed by atoms with Gasteiger partial charge in [-0.25, -0.2) is 0 Å². The molecule has 0 saturated heterocycles. The number of allylic oxidation sites excluding steroid dienone is 2. The molecule has 1 heterocycles. The van der Waals surface area contributed by atoms with Crippen LogP contribution in [0.5, 0.6) is 5.75 Å². The van der Waals surface area contributed by atoms with Crippen molar-refractivity contribution in [2.75, 3.05) is 25.1 Å². The lowest BCUT2D eigenvalue weighted by Crippen LogP contribution is -2.31. The van der Waals surface area contributed by atoms with Crippen LogP contribution in [0.4, 0.5) is 5.69 Å². The quantitative estimate of drug-likeness (QED) is 0.570. The first kappa shape index (κ1) is 18.5. The van der Waals surface area contributed by atoms with Gasteiger partial charge < -0.3 is 9.64 Å². The van der Waals surface area contributed by atoms with E-state index >= 15 is 0 Å². The van der Waals surface area contributed by atoms with Crippen LogP contribution in [0.15, 0.2) is 59.5 Å². The van der Waals surface area contributed by atoms with E-state index in [1.807, 2.05) is 11.8 Å². The number of anilines is 1. The Morgan fingerprint density at radius 1 is 1.07 bits per heavy atom. The molecule has 2 aromatic carbocycles. The molecule has 142 valence electrons. The third-order valence-corrected chi connectivity index (χ3v) is 7.17. The van der Waals surface area contributed by atoms with E-state index in [2.05, 4.69) is 66.4 Å². The van der Waals surface area contributed by atoms with Gasteiger partial charge in [0.25, 0.3) is 0 Å². The van der Waals surface area contributed by atoms with E-state index in [0.29, 0.717) is 5.25 Å². The van der Waals surface area contributed by atoms with Crippen LogP contribution in [0.25, 0.3) is 0 Å². The maximum Gasteiger partial charge on any atom is 0.118 e. The van der Waals surface area contributed by atoms with Crippen LogP contribution in [-0.4, -0.2) is 20.2 Å². The third kappa shape index (κ3) is 4.19. The number of nitrogens with zero attached hydrogens (tertiary/aromatic N) is 1. The smallest absolute Gasteiger partial charge is 0.118 e. The molecule has 0 fully saturated rings. The van der Waals surface area contributed by atoms with Crippen LogP contribution < -0.4 is 9.64 Å². The number of aryl methyl sites for hydroxylation is 1. The van der Waals surface area contributed by atoms with Gasteiger partial charge in [0.15, 0.2) is 0 Å². The zero-order valence-electron chi connectivity index (χ0n) is 16.4. The molecular formula is C24H29NOS. The Kier molecular flexibility index (Phi) is 5.77. The lowest BCUT2D eigenvalue weighted by molar-refractivity contribution is 0.414. The van der Waals surface area contributed by atoms with Crippen molar-refractivity contribution in [3.63, 3.8) is 0 Å². The van der Waals surface area contributed by atoms with E-state index in [1.54, 1.807) is 7.11 Å². The minimum atomic E-state index is 0.493. The average Bonchev–Trinajstić information content (AvgIpc) is 2.89. The van der Waals surface area contributed by atoms with Crippen LogP contribution >= 0.6 is 11.8 Å². The Morgan fingerprint density at radius 2 is 1.93 bits per heavy atom. The summed E-state index contributed by atoms with van der Waals surface area (Å²) in [5.74, 6) is 1.71. The molecule has 0 radical (unpaired) electrons. The average molecular weight is 380 g/mol. The molecular weight excluding hydrogens is 350 g/mol. The molecule has 0 unspecified atom stereocenters. The monoisotopic (exact) mass is 379 g/mol. The molecule has 2 aromatic rings. The second-order valence-corrected chi connectivity index (χ2v) is 8.93. The molecule has 27 heavy (non-hydrogen) atoms. The summed E-state index contributed by atoms with van der Waals surface area (Å²) in [7, 11) is 1.73. The van der Waals surface area contributed by atoms with E-state index < -0.39 is 0 Å². The van der Waals surface area contributed by atoms with Gasteiger partial charge in [-0.05, 0) is 67.9 Å². The Morgan fingerprint density at radius 3 is 2.67 bits per heavy atom. The summed E-state index contributed by atoms with van der Waals surface area (Å²) in [6.45, 7) is 4.57. The lowest BCUT2D eigenvalue weighted by Gasteiger charge is -2.31. The van der Waals surface area contributed by atoms with E-state index in [4.69, 9.17) is 4.74 Å². The van der Waals surface area contributed by atoms with Crippen molar-refractivity contribution in [2.45, 2.75) is 42.8 Å². The standard InChI is InChI=1S/C24H29NOS/c1-18-7-6-10-23-24(18)25(17-19-8-4-3-5-9-19)16-15-22(27-23)20-11-13-21(26-2)14-12-20/h3-4,6-7,10-14,19,22H,5,8-9,15-17H2,1-2H3/t19-,22-/m0/s1. The van der Waals surface area contributed by atoms with Gasteiger partial charge >= 0.3 is 0 Å². The molecule has 2 aliphatic rings. The highest BCUT2D eigenvalue weighted by atomic mass is 32.2. The Hall–Kier alpha value is -1.87. The van der Waals surface area contributed by atoms with E-state index in [1.165, 1.54) is 53.9 Å². The van der Waals surface area contributed by atoms with E-state index in [0.717, 1.165) is 18.2 Å². The van der Waals surface area contributed by atoms with Crippen LogP contribution in [0.3, 0.4) is 0 Å². The molecule has 1 aliphatic heterocycles. The molecule has 0 saturated carbocycles. The summed E-state index contributed by atoms with van der Waals surface area (Å²) in [4.78, 5) is 4.10. The summed E-state index contributed by atoms with van der Waals surface area (Å²) < 4.78 is 5.33. The lowest BCUT2D eigenvalue weighted by atomic mass is 9.93. The highest BCUT2D eigenvalue weighted by Crippen LogP contribution is 2.46. The van der Waals surface area contributed by atoms with Crippen LogP contribution in [-0.2, 0) is 0 Å². The number of rotatable bonds is 4. The largest absolute Gasteiger partial charge is 0.497 e. The number of hydrogen-bond donors (Lipinski definition) is 0. The van der Waals surface area contributed by atoms with Gasteiger partial charge in [0.05, 0.1) is 12.8 Å². The van der Waals surface area contributed by atoms with Crippen molar-refractivity contribution in [3.8, 4) is 5.75 Å². The maximum absolute atomic E-state index is 5.33. The summed E-state index contributed by atoms with van der Waals surface area (Å²) in [5.41, 5.74) is 4.27. The Balaban J connectivity index is 1.60. The fourth-order valence-corrected chi connectivity index (χ4v) is 5.68. The molecule has 1 aliphatic carbocycles. The zero-order chi connectivity index (χ0) is 18.6. The Labute approximate surface area is 167 Å². The van der Waals surface area contributed by atoms with Crippen LogP contribution in [0.2, 0.25) is 0 Å². The maximum atomic E-state index is 5.33. The summed E-state index contributed by atoms with van der Waals surface area (Å²) >= 11 is 2.03. The van der Waals surface area contributed by atoms with Crippen molar-refractivity contribution >= 4 is 17.4 Å². The number of thioether (sulfide) groups is 1. The van der Waals surface area contributed by atoms with Crippen LogP contribution in [0, 0.1) is 12.8 Å². The van der Waals surface area contributed by atoms with Gasteiger partial charge in [-0.1, -0.05) is 36.4 Å². The zero-order valence-corrected chi connectivity index (χ0v) is 17.2. The second kappa shape index (κ2) is 8.43. The van der Waals surface area contributed by atoms with Crippen molar-refractivity contribution in [2.24, 2.45) is 5.92 Å². The third-order valence-electron chi connectivity index (χ3n) is 5.79. The minimum absolute atomic E-state index is 0.493. The SMILES string of the molecule is COc1ccc([C@@H]2CCN(C[C@H]3CC=CCC3)c3c(C)cccc3S2)cc1. The molecule has 3 heteroatoms. The second-order valence-electron chi connectivity index (χ2n) is 7.69. The number of ether oxygens (including phenoxy) is 1. The van der Waals surface area contributed by atoms with Gasteiger partial charge in [-0.3, -0.25) is 0 Å². The summed E-state index contributed by atoms with van der Waals surface area (Å²) in [6, 6.07) is 15.4. The molecule has 0 aromatic heterocycles. The topological polar surface area (TPSA) is 12.5 Å². The normalized spacial score (nSPS) is 22.2. The van der Waals surface area contributed by atoms with Gasteiger partial charge in [-0.15, -0.1) is 11.8 Å². The Bertz CT molecular complexity index is 799. The predicted octanol–water partition coefficient (Wildman–Crippen LogP) is 6.40. The predicted molar refractivity (Wildman–Crippen MR) is 116 cm³/mol. The first-order valence-electron chi connectivity index (χ1n) is 10.0. The van der Waals surface area contributed by atoms with E-state index in [9.17, 15) is 0 Å². The minimum Gasteiger partial charge on any atom is -0.497 e. The molecule has 4 rings (SSSR count). The molecule has 0 bridgehead atoms. The molecule has 0 amide bonds.